The summed E-state index contributed by atoms with van der Waals surface area (Å²) in [4.78, 5) is 18.1. The maximum Gasteiger partial charge on any atom is 0.266 e. The Labute approximate surface area is 125 Å². The fourth-order valence-electron chi connectivity index (χ4n) is 1.75. The largest absolute Gasteiger partial charge is 0.455 e. The number of likely N-dealkylation sites (N-methyl/N-ethyl adjacent to an activating group) is 1. The fraction of sp³-hybridized carbons (Fsp3) is 0.0714. The highest BCUT2D eigenvalue weighted by Gasteiger charge is 2.28. The SMILES string of the molecule is CN1C(=O)C(=Cc2ccc(-c3ccccn3)o2)SC1=S. The number of amides is 1. The predicted molar refractivity (Wildman–Crippen MR) is 82.9 cm³/mol. The first kappa shape index (κ1) is 13.1. The summed E-state index contributed by atoms with van der Waals surface area (Å²) in [5, 5.41) is 0. The Hall–Kier alpha value is -1.92. The molecule has 6 heteroatoms. The zero-order chi connectivity index (χ0) is 14.1. The van der Waals surface area contributed by atoms with Crippen molar-refractivity contribution in [1.29, 1.82) is 0 Å². The van der Waals surface area contributed by atoms with Crippen LogP contribution in [0.15, 0.2) is 45.9 Å². The van der Waals surface area contributed by atoms with E-state index in [1.807, 2.05) is 30.3 Å². The molecule has 0 aliphatic carbocycles. The third-order valence-electron chi connectivity index (χ3n) is 2.80. The van der Waals surface area contributed by atoms with Crippen molar-refractivity contribution in [3.63, 3.8) is 0 Å². The van der Waals surface area contributed by atoms with E-state index in [0.29, 0.717) is 20.7 Å². The van der Waals surface area contributed by atoms with Crippen LogP contribution >= 0.6 is 24.0 Å². The Morgan fingerprint density at radius 2 is 2.20 bits per heavy atom. The van der Waals surface area contributed by atoms with Gasteiger partial charge in [0.25, 0.3) is 5.91 Å². The summed E-state index contributed by atoms with van der Waals surface area (Å²) in [6.45, 7) is 0. The average Bonchev–Trinajstić information content (AvgIpc) is 3.02. The van der Waals surface area contributed by atoms with Crippen LogP contribution in [0.25, 0.3) is 17.5 Å². The van der Waals surface area contributed by atoms with Crippen LogP contribution in [0.2, 0.25) is 0 Å². The van der Waals surface area contributed by atoms with Gasteiger partial charge < -0.3 is 4.42 Å². The topological polar surface area (TPSA) is 46.3 Å². The van der Waals surface area contributed by atoms with Gasteiger partial charge in [-0.2, -0.15) is 0 Å². The molecule has 2 aromatic heterocycles. The van der Waals surface area contributed by atoms with E-state index in [0.717, 1.165) is 5.69 Å². The summed E-state index contributed by atoms with van der Waals surface area (Å²) in [7, 11) is 1.67. The van der Waals surface area contributed by atoms with Gasteiger partial charge in [0, 0.05) is 19.3 Å². The Balaban J connectivity index is 1.89. The highest BCUT2D eigenvalue weighted by Crippen LogP contribution is 2.32. The fourth-order valence-corrected chi connectivity index (χ4v) is 2.91. The zero-order valence-electron chi connectivity index (χ0n) is 10.6. The van der Waals surface area contributed by atoms with Gasteiger partial charge in [0.2, 0.25) is 0 Å². The monoisotopic (exact) mass is 302 g/mol. The van der Waals surface area contributed by atoms with Gasteiger partial charge in [-0.25, -0.2) is 0 Å². The summed E-state index contributed by atoms with van der Waals surface area (Å²) in [6.07, 6.45) is 3.41. The van der Waals surface area contributed by atoms with Gasteiger partial charge in [0.1, 0.15) is 15.8 Å². The Bertz CT molecular complexity index is 707. The van der Waals surface area contributed by atoms with Crippen LogP contribution in [0.1, 0.15) is 5.76 Å². The average molecular weight is 302 g/mol. The predicted octanol–water partition coefficient (Wildman–Crippen LogP) is 3.17. The molecule has 1 amide bonds. The molecule has 4 nitrogen and oxygen atoms in total. The molecule has 3 heterocycles. The first-order chi connectivity index (χ1) is 9.65. The maximum absolute atomic E-state index is 11.9. The van der Waals surface area contributed by atoms with Crippen molar-refractivity contribution in [1.82, 2.24) is 9.88 Å². The van der Waals surface area contributed by atoms with Crippen molar-refractivity contribution in [3.05, 3.63) is 47.2 Å². The van der Waals surface area contributed by atoms with Crippen LogP contribution in [0, 0.1) is 0 Å². The van der Waals surface area contributed by atoms with Crippen LogP contribution in [0.3, 0.4) is 0 Å². The van der Waals surface area contributed by atoms with Gasteiger partial charge in [-0.15, -0.1) is 0 Å². The number of thioether (sulfide) groups is 1. The number of carbonyl (C=O) groups is 1. The Morgan fingerprint density at radius 1 is 1.35 bits per heavy atom. The molecule has 0 spiro atoms. The molecule has 1 saturated heterocycles. The second-order valence-electron chi connectivity index (χ2n) is 4.16. The van der Waals surface area contributed by atoms with E-state index in [4.69, 9.17) is 16.6 Å². The highest BCUT2D eigenvalue weighted by molar-refractivity contribution is 8.26. The van der Waals surface area contributed by atoms with Crippen molar-refractivity contribution in [2.24, 2.45) is 0 Å². The molecule has 100 valence electrons. The lowest BCUT2D eigenvalue weighted by molar-refractivity contribution is -0.121. The van der Waals surface area contributed by atoms with Crippen LogP contribution in [-0.4, -0.2) is 27.2 Å². The number of hydrogen-bond donors (Lipinski definition) is 0. The van der Waals surface area contributed by atoms with Gasteiger partial charge in [0.05, 0.1) is 4.91 Å². The number of hydrogen-bond acceptors (Lipinski definition) is 5. The summed E-state index contributed by atoms with van der Waals surface area (Å²) in [5.74, 6) is 1.18. The number of aromatic nitrogens is 1. The number of thiocarbonyl (C=S) groups is 1. The molecule has 1 fully saturated rings. The van der Waals surface area contributed by atoms with Gasteiger partial charge in [0.15, 0.2) is 5.76 Å². The molecule has 2 aromatic rings. The highest BCUT2D eigenvalue weighted by atomic mass is 32.2. The van der Waals surface area contributed by atoms with E-state index >= 15 is 0 Å². The van der Waals surface area contributed by atoms with Gasteiger partial charge >= 0.3 is 0 Å². The number of carbonyl (C=O) groups excluding carboxylic acids is 1. The molecular weight excluding hydrogens is 292 g/mol. The van der Waals surface area contributed by atoms with E-state index in [1.165, 1.54) is 16.7 Å². The minimum absolute atomic E-state index is 0.101. The normalized spacial score (nSPS) is 17.2. The van der Waals surface area contributed by atoms with Crippen LogP contribution in [0.4, 0.5) is 0 Å². The lowest BCUT2D eigenvalue weighted by Crippen LogP contribution is -2.22. The van der Waals surface area contributed by atoms with Crippen LogP contribution in [-0.2, 0) is 4.79 Å². The summed E-state index contributed by atoms with van der Waals surface area (Å²) < 4.78 is 6.24. The summed E-state index contributed by atoms with van der Waals surface area (Å²) in [5.41, 5.74) is 0.759. The van der Waals surface area contributed by atoms with Gasteiger partial charge in [-0.05, 0) is 24.3 Å². The molecule has 0 radical (unpaired) electrons. The van der Waals surface area contributed by atoms with Crippen molar-refractivity contribution in [2.45, 2.75) is 0 Å². The van der Waals surface area contributed by atoms with E-state index in [2.05, 4.69) is 4.98 Å². The molecule has 0 unspecified atom stereocenters. The van der Waals surface area contributed by atoms with Crippen LogP contribution < -0.4 is 0 Å². The van der Waals surface area contributed by atoms with Crippen LogP contribution in [0.5, 0.6) is 0 Å². The van der Waals surface area contributed by atoms with E-state index in [-0.39, 0.29) is 5.91 Å². The standard InChI is InChI=1S/C14H10N2O2S2/c1-16-13(17)12(20-14(16)19)8-9-5-6-11(18-9)10-4-2-3-7-15-10/h2-8H,1H3. The third-order valence-corrected chi connectivity index (χ3v) is 4.29. The molecular formula is C14H10N2O2S2. The molecule has 1 aliphatic heterocycles. The van der Waals surface area contributed by atoms with Crippen molar-refractivity contribution in [2.75, 3.05) is 7.05 Å². The van der Waals surface area contributed by atoms with Crippen molar-refractivity contribution in [3.8, 4) is 11.5 Å². The quantitative estimate of drug-likeness (QED) is 0.630. The molecule has 0 aromatic carbocycles. The minimum atomic E-state index is -0.101. The first-order valence-corrected chi connectivity index (χ1v) is 7.10. The van der Waals surface area contributed by atoms with Gasteiger partial charge in [-0.1, -0.05) is 30.0 Å². The molecule has 0 saturated carbocycles. The molecule has 3 rings (SSSR count). The smallest absolute Gasteiger partial charge is 0.266 e. The Morgan fingerprint density at radius 3 is 2.85 bits per heavy atom. The van der Waals surface area contributed by atoms with E-state index in [9.17, 15) is 4.79 Å². The lowest BCUT2D eigenvalue weighted by atomic mass is 10.3. The minimum Gasteiger partial charge on any atom is -0.455 e. The number of furan rings is 1. The maximum atomic E-state index is 11.9. The Kier molecular flexibility index (Phi) is 3.42. The number of pyridine rings is 1. The third kappa shape index (κ3) is 2.39. The van der Waals surface area contributed by atoms with Gasteiger partial charge in [-0.3, -0.25) is 14.7 Å². The molecule has 0 bridgehead atoms. The lowest BCUT2D eigenvalue weighted by Gasteiger charge is -2.03. The summed E-state index contributed by atoms with van der Waals surface area (Å²) in [6, 6.07) is 9.26. The summed E-state index contributed by atoms with van der Waals surface area (Å²) >= 11 is 6.36. The molecule has 1 aliphatic rings. The molecule has 0 N–H and O–H groups in total. The zero-order valence-corrected chi connectivity index (χ0v) is 12.2. The molecule has 20 heavy (non-hydrogen) atoms. The van der Waals surface area contributed by atoms with E-state index < -0.39 is 0 Å². The second kappa shape index (κ2) is 5.22. The number of rotatable bonds is 2. The van der Waals surface area contributed by atoms with Crippen molar-refractivity contribution >= 4 is 40.3 Å². The van der Waals surface area contributed by atoms with E-state index in [1.54, 1.807) is 19.3 Å². The van der Waals surface area contributed by atoms with Crippen molar-refractivity contribution < 1.29 is 9.21 Å². The molecule has 0 atom stereocenters. The first-order valence-electron chi connectivity index (χ1n) is 5.88. The second-order valence-corrected chi connectivity index (χ2v) is 5.83. The number of nitrogens with zero attached hydrogens (tertiary/aromatic N) is 2.